The molecular weight excluding hydrogens is 270 g/mol. The first-order valence-corrected chi connectivity index (χ1v) is 7.13. The van der Waals surface area contributed by atoms with Gasteiger partial charge in [0.1, 0.15) is 0 Å². The summed E-state index contributed by atoms with van der Waals surface area (Å²) in [5.41, 5.74) is 2.79. The van der Waals surface area contributed by atoms with Gasteiger partial charge in [0.2, 0.25) is 5.13 Å². The molecule has 0 aliphatic heterocycles. The minimum atomic E-state index is 0.642. The second kappa shape index (κ2) is 5.75. The van der Waals surface area contributed by atoms with Gasteiger partial charge in [-0.15, -0.1) is 10.2 Å². The van der Waals surface area contributed by atoms with Crippen molar-refractivity contribution in [2.45, 2.75) is 6.92 Å². The second-order valence-electron chi connectivity index (χ2n) is 4.12. The zero-order valence-electron chi connectivity index (χ0n) is 10.9. The van der Waals surface area contributed by atoms with Gasteiger partial charge in [-0.25, -0.2) is 4.98 Å². The van der Waals surface area contributed by atoms with Gasteiger partial charge in [0, 0.05) is 24.6 Å². The highest BCUT2D eigenvalue weighted by molar-refractivity contribution is 7.21. The third-order valence-corrected chi connectivity index (χ3v) is 3.57. The van der Waals surface area contributed by atoms with Gasteiger partial charge in [-0.05, 0) is 37.3 Å². The molecule has 0 bridgehead atoms. The van der Waals surface area contributed by atoms with E-state index in [2.05, 4.69) is 32.4 Å². The number of fused-ring (bicyclic) bond motifs is 1. The second-order valence-corrected chi connectivity index (χ2v) is 5.13. The molecule has 20 heavy (non-hydrogen) atoms. The first-order chi connectivity index (χ1) is 9.85. The lowest BCUT2D eigenvalue weighted by Crippen LogP contribution is -1.94. The Morgan fingerprint density at radius 1 is 1.15 bits per heavy atom. The minimum absolute atomic E-state index is 0.642. The molecule has 6 heteroatoms. The van der Waals surface area contributed by atoms with E-state index in [1.807, 2.05) is 30.3 Å². The van der Waals surface area contributed by atoms with Gasteiger partial charge >= 0.3 is 0 Å². The van der Waals surface area contributed by atoms with Crippen LogP contribution in [0.25, 0.3) is 10.2 Å². The number of anilines is 1. The number of hydrogen-bond donors (Lipinski definition) is 1. The van der Waals surface area contributed by atoms with E-state index in [1.165, 1.54) is 11.3 Å². The molecule has 0 spiro atoms. The first-order valence-electron chi connectivity index (χ1n) is 6.31. The van der Waals surface area contributed by atoms with Crippen molar-refractivity contribution in [1.29, 1.82) is 0 Å². The number of benzene rings is 1. The quantitative estimate of drug-likeness (QED) is 0.715. The van der Waals surface area contributed by atoms with Crippen LogP contribution in [0.2, 0.25) is 0 Å². The molecule has 0 radical (unpaired) electrons. The number of thiazole rings is 1. The standard InChI is InChI=1S/C14H13N5S/c1-2-16-10-3-5-11(6-4-10)18-19-14-17-12-7-8-15-9-13(12)20-14/h3-9,16H,2H2,1H3. The Morgan fingerprint density at radius 3 is 2.75 bits per heavy atom. The third-order valence-electron chi connectivity index (χ3n) is 2.68. The van der Waals surface area contributed by atoms with Gasteiger partial charge in [-0.2, -0.15) is 0 Å². The fraction of sp³-hybridized carbons (Fsp3) is 0.143. The van der Waals surface area contributed by atoms with Gasteiger partial charge in [-0.1, -0.05) is 11.3 Å². The van der Waals surface area contributed by atoms with Crippen LogP contribution >= 0.6 is 11.3 Å². The molecule has 2 heterocycles. The summed E-state index contributed by atoms with van der Waals surface area (Å²) in [5.74, 6) is 0. The largest absolute Gasteiger partial charge is 0.385 e. The fourth-order valence-corrected chi connectivity index (χ4v) is 2.52. The fourth-order valence-electron chi connectivity index (χ4n) is 1.76. The summed E-state index contributed by atoms with van der Waals surface area (Å²) in [6.07, 6.45) is 3.51. The molecule has 2 aromatic heterocycles. The monoisotopic (exact) mass is 283 g/mol. The van der Waals surface area contributed by atoms with Crippen LogP contribution in [0.5, 0.6) is 0 Å². The van der Waals surface area contributed by atoms with Gasteiger partial charge < -0.3 is 5.32 Å². The molecule has 3 rings (SSSR count). The number of nitrogens with one attached hydrogen (secondary N) is 1. The maximum absolute atomic E-state index is 4.38. The van der Waals surface area contributed by atoms with Gasteiger partial charge in [0.15, 0.2) is 0 Å². The molecule has 0 fully saturated rings. The van der Waals surface area contributed by atoms with Crippen molar-refractivity contribution < 1.29 is 0 Å². The Bertz CT molecular complexity index is 700. The Kier molecular flexibility index (Phi) is 3.64. The van der Waals surface area contributed by atoms with Crippen molar-refractivity contribution in [2.75, 3.05) is 11.9 Å². The molecule has 0 saturated carbocycles. The first kappa shape index (κ1) is 12.7. The van der Waals surface area contributed by atoms with Crippen LogP contribution in [0.15, 0.2) is 53.0 Å². The molecule has 0 saturated heterocycles. The molecular formula is C14H13N5S. The van der Waals surface area contributed by atoms with Crippen LogP contribution in [-0.4, -0.2) is 16.5 Å². The van der Waals surface area contributed by atoms with Crippen LogP contribution in [0, 0.1) is 0 Å². The van der Waals surface area contributed by atoms with Crippen LogP contribution < -0.4 is 5.32 Å². The van der Waals surface area contributed by atoms with Gasteiger partial charge in [-0.3, -0.25) is 4.98 Å². The highest BCUT2D eigenvalue weighted by Crippen LogP contribution is 2.28. The molecule has 0 amide bonds. The summed E-state index contributed by atoms with van der Waals surface area (Å²) >= 11 is 1.48. The van der Waals surface area contributed by atoms with Crippen LogP contribution in [0.3, 0.4) is 0 Å². The van der Waals surface area contributed by atoms with E-state index in [0.29, 0.717) is 5.13 Å². The van der Waals surface area contributed by atoms with Crippen molar-refractivity contribution in [3.63, 3.8) is 0 Å². The molecule has 100 valence electrons. The van der Waals surface area contributed by atoms with E-state index in [1.54, 1.807) is 12.4 Å². The molecule has 3 aromatic rings. The van der Waals surface area contributed by atoms with E-state index >= 15 is 0 Å². The van der Waals surface area contributed by atoms with Gasteiger partial charge in [0.25, 0.3) is 0 Å². The van der Waals surface area contributed by atoms with Crippen molar-refractivity contribution in [2.24, 2.45) is 10.2 Å². The molecule has 0 unspecified atom stereocenters. The summed E-state index contributed by atoms with van der Waals surface area (Å²) in [6, 6.07) is 9.70. The molecule has 5 nitrogen and oxygen atoms in total. The van der Waals surface area contributed by atoms with Crippen LogP contribution in [0.4, 0.5) is 16.5 Å². The van der Waals surface area contributed by atoms with Crippen molar-refractivity contribution in [3.8, 4) is 0 Å². The Labute approximate surface area is 120 Å². The molecule has 1 aromatic carbocycles. The van der Waals surface area contributed by atoms with Crippen LogP contribution in [0.1, 0.15) is 6.92 Å². The van der Waals surface area contributed by atoms with Crippen molar-refractivity contribution >= 4 is 38.1 Å². The lowest BCUT2D eigenvalue weighted by Gasteiger charge is -2.01. The lowest BCUT2D eigenvalue weighted by molar-refractivity contribution is 1.19. The molecule has 0 aliphatic rings. The van der Waals surface area contributed by atoms with Crippen molar-refractivity contribution in [3.05, 3.63) is 42.7 Å². The predicted octanol–water partition coefficient (Wildman–Crippen LogP) is 4.54. The third kappa shape index (κ3) is 2.80. The van der Waals surface area contributed by atoms with Crippen LogP contribution in [-0.2, 0) is 0 Å². The smallest absolute Gasteiger partial charge is 0.231 e. The van der Waals surface area contributed by atoms with E-state index in [-0.39, 0.29) is 0 Å². The number of aromatic nitrogens is 2. The van der Waals surface area contributed by atoms with E-state index in [0.717, 1.165) is 28.1 Å². The maximum Gasteiger partial charge on any atom is 0.231 e. The molecule has 1 N–H and O–H groups in total. The highest BCUT2D eigenvalue weighted by atomic mass is 32.1. The summed E-state index contributed by atoms with van der Waals surface area (Å²) in [6.45, 7) is 2.97. The molecule has 0 aliphatic carbocycles. The van der Waals surface area contributed by atoms with E-state index in [4.69, 9.17) is 0 Å². The SMILES string of the molecule is CCNc1ccc(N=Nc2nc3ccncc3s2)cc1. The summed E-state index contributed by atoms with van der Waals surface area (Å²) < 4.78 is 1.02. The Morgan fingerprint density at radius 2 is 2.00 bits per heavy atom. The Hall–Kier alpha value is -2.34. The minimum Gasteiger partial charge on any atom is -0.385 e. The summed E-state index contributed by atoms with van der Waals surface area (Å²) in [5, 5.41) is 12.3. The zero-order valence-corrected chi connectivity index (χ0v) is 11.8. The number of azo groups is 1. The zero-order chi connectivity index (χ0) is 13.8. The average molecular weight is 283 g/mol. The van der Waals surface area contributed by atoms with Crippen molar-refractivity contribution in [1.82, 2.24) is 9.97 Å². The number of hydrogen-bond acceptors (Lipinski definition) is 6. The maximum atomic E-state index is 4.38. The average Bonchev–Trinajstić information content (AvgIpc) is 2.90. The lowest BCUT2D eigenvalue weighted by atomic mass is 10.3. The van der Waals surface area contributed by atoms with E-state index in [9.17, 15) is 0 Å². The topological polar surface area (TPSA) is 62.5 Å². The predicted molar refractivity (Wildman–Crippen MR) is 82.2 cm³/mol. The number of pyridine rings is 1. The summed E-state index contributed by atoms with van der Waals surface area (Å²) in [7, 11) is 0. The van der Waals surface area contributed by atoms with E-state index < -0.39 is 0 Å². The number of nitrogens with zero attached hydrogens (tertiary/aromatic N) is 4. The highest BCUT2D eigenvalue weighted by Gasteiger charge is 2.01. The number of rotatable bonds is 4. The van der Waals surface area contributed by atoms with Gasteiger partial charge in [0.05, 0.1) is 15.9 Å². The summed E-state index contributed by atoms with van der Waals surface area (Å²) in [4.78, 5) is 8.44. The normalized spacial score (nSPS) is 11.2. The Balaban J connectivity index is 1.79. The molecule has 0 atom stereocenters.